The van der Waals surface area contributed by atoms with E-state index < -0.39 is 0 Å². The maximum atomic E-state index is 12.9. The van der Waals surface area contributed by atoms with Crippen LogP contribution in [0.5, 0.6) is 0 Å². The van der Waals surface area contributed by atoms with Gasteiger partial charge in [0.2, 0.25) is 5.95 Å². The first-order valence-corrected chi connectivity index (χ1v) is 9.28. The van der Waals surface area contributed by atoms with Gasteiger partial charge in [-0.15, -0.1) is 0 Å². The number of ether oxygens (including phenoxy) is 1. The van der Waals surface area contributed by atoms with Crippen molar-refractivity contribution in [3.8, 4) is 0 Å². The molecule has 0 radical (unpaired) electrons. The first-order valence-electron chi connectivity index (χ1n) is 9.28. The number of aromatic nitrogens is 2. The lowest BCUT2D eigenvalue weighted by Gasteiger charge is -2.27. The highest BCUT2D eigenvalue weighted by molar-refractivity contribution is 6.05. The Morgan fingerprint density at radius 2 is 1.96 bits per heavy atom. The Bertz CT molecular complexity index is 783. The van der Waals surface area contributed by atoms with Crippen molar-refractivity contribution in [3.05, 3.63) is 30.0 Å². The maximum absolute atomic E-state index is 12.9. The van der Waals surface area contributed by atoms with Gasteiger partial charge in [-0.1, -0.05) is 12.1 Å². The van der Waals surface area contributed by atoms with Gasteiger partial charge in [0.25, 0.3) is 5.91 Å². The number of rotatable bonds is 3. The van der Waals surface area contributed by atoms with Crippen molar-refractivity contribution in [2.24, 2.45) is 0 Å². The lowest BCUT2D eigenvalue weighted by molar-refractivity contribution is 0.0304. The quantitative estimate of drug-likeness (QED) is 0.872. The van der Waals surface area contributed by atoms with E-state index in [1.807, 2.05) is 23.1 Å². The molecule has 1 saturated carbocycles. The molecule has 1 aliphatic heterocycles. The molecular weight excluding hydrogens is 332 g/mol. The molecule has 26 heavy (non-hydrogen) atoms. The van der Waals surface area contributed by atoms with Crippen molar-refractivity contribution in [1.29, 1.82) is 0 Å². The molecule has 0 unspecified atom stereocenters. The largest absolute Gasteiger partial charge is 0.393 e. The van der Waals surface area contributed by atoms with Crippen LogP contribution in [0, 0.1) is 0 Å². The van der Waals surface area contributed by atoms with E-state index in [9.17, 15) is 9.90 Å². The predicted octanol–water partition coefficient (Wildman–Crippen LogP) is 1.82. The zero-order chi connectivity index (χ0) is 17.9. The number of carbonyl (C=O) groups excluding carboxylic acids is 1. The minimum Gasteiger partial charge on any atom is -0.393 e. The van der Waals surface area contributed by atoms with E-state index in [1.165, 1.54) is 0 Å². The van der Waals surface area contributed by atoms with Gasteiger partial charge >= 0.3 is 0 Å². The van der Waals surface area contributed by atoms with Crippen LogP contribution in [0.4, 0.5) is 5.95 Å². The summed E-state index contributed by atoms with van der Waals surface area (Å²) in [6.45, 7) is 2.36. The van der Waals surface area contributed by atoms with Crippen molar-refractivity contribution in [2.75, 3.05) is 31.6 Å². The zero-order valence-corrected chi connectivity index (χ0v) is 14.7. The van der Waals surface area contributed by atoms with Crippen LogP contribution in [-0.2, 0) is 4.74 Å². The first kappa shape index (κ1) is 17.2. The van der Waals surface area contributed by atoms with Crippen LogP contribution < -0.4 is 5.32 Å². The number of para-hydroxylation sites is 1. The van der Waals surface area contributed by atoms with Crippen LogP contribution in [0.2, 0.25) is 0 Å². The van der Waals surface area contributed by atoms with Crippen molar-refractivity contribution >= 4 is 22.8 Å². The Morgan fingerprint density at radius 3 is 2.73 bits per heavy atom. The Hall–Kier alpha value is -2.25. The molecule has 7 nitrogen and oxygen atoms in total. The normalized spacial score (nSPS) is 23.8. The molecule has 2 fully saturated rings. The number of morpholine rings is 1. The lowest BCUT2D eigenvalue weighted by Crippen LogP contribution is -2.40. The molecule has 1 aromatic heterocycles. The van der Waals surface area contributed by atoms with E-state index in [4.69, 9.17) is 4.74 Å². The van der Waals surface area contributed by atoms with Crippen molar-refractivity contribution in [1.82, 2.24) is 14.9 Å². The molecule has 1 saturated heterocycles. The number of anilines is 1. The van der Waals surface area contributed by atoms with Gasteiger partial charge in [-0.3, -0.25) is 4.79 Å². The Balaban J connectivity index is 1.58. The number of hydrogen-bond donors (Lipinski definition) is 2. The average molecular weight is 356 g/mol. The van der Waals surface area contributed by atoms with Crippen LogP contribution in [0.25, 0.3) is 10.9 Å². The molecular formula is C19H24N4O3. The van der Waals surface area contributed by atoms with Gasteiger partial charge in [0, 0.05) is 30.7 Å². The van der Waals surface area contributed by atoms with Crippen LogP contribution >= 0.6 is 0 Å². The number of amides is 1. The molecule has 1 aliphatic carbocycles. The molecule has 2 aromatic rings. The van der Waals surface area contributed by atoms with Gasteiger partial charge in [0.05, 0.1) is 30.4 Å². The highest BCUT2D eigenvalue weighted by Crippen LogP contribution is 2.23. The minimum absolute atomic E-state index is 0.00987. The second-order valence-electron chi connectivity index (χ2n) is 6.99. The van der Waals surface area contributed by atoms with Crippen molar-refractivity contribution in [2.45, 2.75) is 37.8 Å². The number of carbonyl (C=O) groups is 1. The summed E-state index contributed by atoms with van der Waals surface area (Å²) < 4.78 is 5.34. The maximum Gasteiger partial charge on any atom is 0.256 e. The number of hydrogen-bond acceptors (Lipinski definition) is 6. The lowest BCUT2D eigenvalue weighted by atomic mass is 9.93. The molecule has 2 aliphatic rings. The molecule has 0 bridgehead atoms. The summed E-state index contributed by atoms with van der Waals surface area (Å²) in [6.07, 6.45) is 4.97. The fraction of sp³-hybridized carbons (Fsp3) is 0.526. The number of benzene rings is 1. The fourth-order valence-corrected chi connectivity index (χ4v) is 3.64. The predicted molar refractivity (Wildman–Crippen MR) is 98.1 cm³/mol. The summed E-state index contributed by atoms with van der Waals surface area (Å²) in [6, 6.07) is 5.88. The van der Waals surface area contributed by atoms with Crippen LogP contribution in [-0.4, -0.2) is 64.3 Å². The zero-order valence-electron chi connectivity index (χ0n) is 14.7. The second-order valence-corrected chi connectivity index (χ2v) is 6.99. The van der Waals surface area contributed by atoms with Gasteiger partial charge < -0.3 is 20.1 Å². The van der Waals surface area contributed by atoms with E-state index in [0.717, 1.165) is 31.1 Å². The minimum atomic E-state index is -0.191. The number of fused-ring (bicyclic) bond motifs is 1. The monoisotopic (exact) mass is 356 g/mol. The van der Waals surface area contributed by atoms with E-state index in [1.54, 1.807) is 6.20 Å². The number of aliphatic hydroxyl groups excluding tert-OH is 1. The van der Waals surface area contributed by atoms with Gasteiger partial charge in [0.1, 0.15) is 0 Å². The highest BCUT2D eigenvalue weighted by Gasteiger charge is 2.22. The molecule has 0 atom stereocenters. The summed E-state index contributed by atoms with van der Waals surface area (Å²) >= 11 is 0. The molecule has 0 spiro atoms. The van der Waals surface area contributed by atoms with E-state index in [-0.39, 0.29) is 18.1 Å². The molecule has 1 amide bonds. The van der Waals surface area contributed by atoms with Gasteiger partial charge in [-0.25, -0.2) is 9.97 Å². The van der Waals surface area contributed by atoms with E-state index in [2.05, 4.69) is 15.3 Å². The molecule has 1 aromatic carbocycles. The van der Waals surface area contributed by atoms with Crippen LogP contribution in [0.1, 0.15) is 36.0 Å². The standard InChI is InChI=1S/C19H24N4O3/c24-15-6-4-14(5-7-15)21-19-20-12-13-2-1-3-16(17(13)22-19)18(25)23-8-10-26-11-9-23/h1-3,12,14-15,24H,4-11H2,(H,20,21,22)/t14-,15-. The summed E-state index contributed by atoms with van der Waals surface area (Å²) in [5.41, 5.74) is 1.28. The first-order chi connectivity index (χ1) is 12.7. The molecule has 7 heteroatoms. The van der Waals surface area contributed by atoms with E-state index >= 15 is 0 Å². The Morgan fingerprint density at radius 1 is 1.19 bits per heavy atom. The number of nitrogens with zero attached hydrogens (tertiary/aromatic N) is 3. The average Bonchev–Trinajstić information content (AvgIpc) is 2.69. The second kappa shape index (κ2) is 7.55. The third kappa shape index (κ3) is 3.64. The van der Waals surface area contributed by atoms with Gasteiger partial charge in [0.15, 0.2) is 0 Å². The summed E-state index contributed by atoms with van der Waals surface area (Å²) in [4.78, 5) is 23.8. The molecule has 2 N–H and O–H groups in total. The Labute approximate surface area is 152 Å². The fourth-order valence-electron chi connectivity index (χ4n) is 3.64. The topological polar surface area (TPSA) is 87.6 Å². The van der Waals surface area contributed by atoms with Gasteiger partial charge in [-0.2, -0.15) is 0 Å². The SMILES string of the molecule is O=C(c1cccc2cnc(N[C@H]3CC[C@H](O)CC3)nc12)N1CCOCC1. The third-order valence-corrected chi connectivity index (χ3v) is 5.17. The summed E-state index contributed by atoms with van der Waals surface area (Å²) in [5, 5.41) is 13.9. The smallest absolute Gasteiger partial charge is 0.256 e. The third-order valence-electron chi connectivity index (χ3n) is 5.17. The van der Waals surface area contributed by atoms with Gasteiger partial charge in [-0.05, 0) is 31.7 Å². The molecule has 138 valence electrons. The van der Waals surface area contributed by atoms with Crippen LogP contribution in [0.15, 0.2) is 24.4 Å². The highest BCUT2D eigenvalue weighted by atomic mass is 16.5. The van der Waals surface area contributed by atoms with Crippen LogP contribution in [0.3, 0.4) is 0 Å². The summed E-state index contributed by atoms with van der Waals surface area (Å²) in [5.74, 6) is 0.533. The van der Waals surface area contributed by atoms with E-state index in [0.29, 0.717) is 43.3 Å². The van der Waals surface area contributed by atoms with Crippen molar-refractivity contribution < 1.29 is 14.6 Å². The van der Waals surface area contributed by atoms with Crippen molar-refractivity contribution in [3.63, 3.8) is 0 Å². The molecule has 2 heterocycles. The Kier molecular flexibility index (Phi) is 4.99. The molecule has 4 rings (SSSR count). The number of nitrogens with one attached hydrogen (secondary N) is 1. The number of aliphatic hydroxyl groups is 1. The summed E-state index contributed by atoms with van der Waals surface area (Å²) in [7, 11) is 0.